The van der Waals surface area contributed by atoms with Crippen LogP contribution in [0.25, 0.3) is 11.4 Å². The lowest BCUT2D eigenvalue weighted by molar-refractivity contribution is -0.384. The Hall–Kier alpha value is -2.32. The fraction of sp³-hybridized carbons (Fsp3) is 0.385. The van der Waals surface area contributed by atoms with Gasteiger partial charge in [0, 0.05) is 37.3 Å². The Balaban J connectivity index is 2.16. The quantitative estimate of drug-likeness (QED) is 0.608. The van der Waals surface area contributed by atoms with Crippen LogP contribution in [-0.2, 0) is 11.2 Å². The molecule has 21 heavy (non-hydrogen) atoms. The maximum absolute atomic E-state index is 10.8. The van der Waals surface area contributed by atoms with Gasteiger partial charge in [0.1, 0.15) is 0 Å². The van der Waals surface area contributed by atoms with E-state index in [9.17, 15) is 10.1 Å². The van der Waals surface area contributed by atoms with Crippen LogP contribution in [-0.4, -0.2) is 41.9 Å². The predicted octanol–water partition coefficient (Wildman–Crippen LogP) is 1.42. The zero-order valence-electron chi connectivity index (χ0n) is 11.8. The molecule has 112 valence electrons. The van der Waals surface area contributed by atoms with Gasteiger partial charge >= 0.3 is 0 Å². The summed E-state index contributed by atoms with van der Waals surface area (Å²) in [5.41, 5.74) is 0.540. The summed E-state index contributed by atoms with van der Waals surface area (Å²) in [6, 6.07) is 6.18. The Bertz CT molecular complexity index is 614. The first-order valence-corrected chi connectivity index (χ1v) is 6.37. The molecule has 0 spiro atoms. The second kappa shape index (κ2) is 6.91. The van der Waals surface area contributed by atoms with Crippen molar-refractivity contribution < 1.29 is 14.2 Å². The first-order valence-electron chi connectivity index (χ1n) is 6.37. The van der Waals surface area contributed by atoms with E-state index in [1.807, 2.05) is 7.05 Å². The van der Waals surface area contributed by atoms with Gasteiger partial charge in [0.2, 0.25) is 11.7 Å². The van der Waals surface area contributed by atoms with Crippen molar-refractivity contribution >= 4 is 5.69 Å². The highest BCUT2D eigenvalue weighted by molar-refractivity contribution is 5.58. The number of ether oxygens (including phenoxy) is 1. The van der Waals surface area contributed by atoms with Crippen LogP contribution >= 0.6 is 0 Å². The lowest BCUT2D eigenvalue weighted by Gasteiger charge is -2.11. The van der Waals surface area contributed by atoms with Crippen molar-refractivity contribution in [1.29, 1.82) is 0 Å². The molecule has 1 N–H and O–H groups in total. The summed E-state index contributed by atoms with van der Waals surface area (Å²) < 4.78 is 10.2. The van der Waals surface area contributed by atoms with Gasteiger partial charge in [-0.1, -0.05) is 17.3 Å². The van der Waals surface area contributed by atoms with Gasteiger partial charge in [0.25, 0.3) is 5.69 Å². The van der Waals surface area contributed by atoms with E-state index < -0.39 is 4.92 Å². The number of nitro benzene ring substituents is 1. The van der Waals surface area contributed by atoms with E-state index in [1.165, 1.54) is 12.1 Å². The lowest BCUT2D eigenvalue weighted by atomic mass is 10.2. The molecule has 0 saturated heterocycles. The molecule has 1 atom stereocenters. The first-order chi connectivity index (χ1) is 10.1. The monoisotopic (exact) mass is 292 g/mol. The maximum Gasteiger partial charge on any atom is 0.270 e. The van der Waals surface area contributed by atoms with Crippen molar-refractivity contribution in [2.75, 3.05) is 20.8 Å². The van der Waals surface area contributed by atoms with Crippen molar-refractivity contribution in [1.82, 2.24) is 15.5 Å². The van der Waals surface area contributed by atoms with E-state index in [0.717, 1.165) is 0 Å². The molecule has 0 saturated carbocycles. The SMILES string of the molecule is CNC(COC)Cc1nc(-c2cccc([N+](=O)[O-])c2)no1. The molecule has 1 unspecified atom stereocenters. The highest BCUT2D eigenvalue weighted by Crippen LogP contribution is 2.21. The van der Waals surface area contributed by atoms with Crippen molar-refractivity contribution in [2.45, 2.75) is 12.5 Å². The molecule has 1 heterocycles. The number of nitrogens with one attached hydrogen (secondary N) is 1. The second-order valence-electron chi connectivity index (χ2n) is 4.46. The van der Waals surface area contributed by atoms with Gasteiger partial charge in [-0.2, -0.15) is 4.98 Å². The standard InChI is InChI=1S/C13H16N4O4/c1-14-10(8-20-2)7-12-15-13(16-21-12)9-4-3-5-11(6-9)17(18)19/h3-6,10,14H,7-8H2,1-2H3. The van der Waals surface area contributed by atoms with Crippen LogP contribution < -0.4 is 5.32 Å². The Kier molecular flexibility index (Phi) is 4.96. The number of non-ortho nitro benzene ring substituents is 1. The van der Waals surface area contributed by atoms with Crippen LogP contribution in [0, 0.1) is 10.1 Å². The number of aromatic nitrogens is 2. The average molecular weight is 292 g/mol. The molecule has 0 bridgehead atoms. The van der Waals surface area contributed by atoms with E-state index in [2.05, 4.69) is 15.5 Å². The fourth-order valence-corrected chi connectivity index (χ4v) is 1.87. The van der Waals surface area contributed by atoms with E-state index in [0.29, 0.717) is 30.3 Å². The molecule has 8 heteroatoms. The molecular weight excluding hydrogens is 276 g/mol. The summed E-state index contributed by atoms with van der Waals surface area (Å²) in [5, 5.41) is 17.7. The van der Waals surface area contributed by atoms with E-state index >= 15 is 0 Å². The molecule has 0 aliphatic carbocycles. The van der Waals surface area contributed by atoms with Crippen molar-refractivity contribution in [3.63, 3.8) is 0 Å². The Labute approximate surface area is 121 Å². The summed E-state index contributed by atoms with van der Waals surface area (Å²) in [6.07, 6.45) is 0.520. The summed E-state index contributed by atoms with van der Waals surface area (Å²) in [6.45, 7) is 0.519. The van der Waals surface area contributed by atoms with Crippen LogP contribution in [0.1, 0.15) is 5.89 Å². The zero-order chi connectivity index (χ0) is 15.2. The predicted molar refractivity (Wildman–Crippen MR) is 74.8 cm³/mol. The molecule has 1 aromatic carbocycles. The minimum absolute atomic E-state index is 0.00802. The largest absolute Gasteiger partial charge is 0.383 e. The summed E-state index contributed by atoms with van der Waals surface area (Å²) in [4.78, 5) is 14.6. The molecule has 2 rings (SSSR count). The fourth-order valence-electron chi connectivity index (χ4n) is 1.87. The van der Waals surface area contributed by atoms with Gasteiger partial charge in [-0.3, -0.25) is 10.1 Å². The minimum atomic E-state index is -0.458. The smallest absolute Gasteiger partial charge is 0.270 e. The normalized spacial score (nSPS) is 12.3. The number of hydrogen-bond acceptors (Lipinski definition) is 7. The molecular formula is C13H16N4O4. The van der Waals surface area contributed by atoms with Crippen LogP contribution in [0.3, 0.4) is 0 Å². The number of likely N-dealkylation sites (N-methyl/N-ethyl adjacent to an activating group) is 1. The Morgan fingerprint density at radius 2 is 2.33 bits per heavy atom. The number of nitro groups is 1. The van der Waals surface area contributed by atoms with Crippen LogP contribution in [0.5, 0.6) is 0 Å². The van der Waals surface area contributed by atoms with Gasteiger partial charge < -0.3 is 14.6 Å². The molecule has 1 aromatic heterocycles. The Morgan fingerprint density at radius 1 is 1.52 bits per heavy atom. The molecule has 0 fully saturated rings. The molecule has 2 aromatic rings. The minimum Gasteiger partial charge on any atom is -0.383 e. The molecule has 0 amide bonds. The third kappa shape index (κ3) is 3.83. The van der Waals surface area contributed by atoms with Crippen molar-refractivity contribution in [2.24, 2.45) is 0 Å². The van der Waals surface area contributed by atoms with Gasteiger partial charge in [-0.15, -0.1) is 0 Å². The number of rotatable bonds is 7. The topological polar surface area (TPSA) is 103 Å². The molecule has 0 radical (unpaired) electrons. The van der Waals surface area contributed by atoms with E-state index in [1.54, 1.807) is 19.2 Å². The number of nitrogens with zero attached hydrogens (tertiary/aromatic N) is 3. The average Bonchev–Trinajstić information content (AvgIpc) is 2.95. The number of benzene rings is 1. The lowest BCUT2D eigenvalue weighted by Crippen LogP contribution is -2.32. The highest BCUT2D eigenvalue weighted by atomic mass is 16.6. The summed E-state index contributed by atoms with van der Waals surface area (Å²) in [7, 11) is 3.44. The van der Waals surface area contributed by atoms with Crippen molar-refractivity contribution in [3.8, 4) is 11.4 Å². The maximum atomic E-state index is 10.8. The van der Waals surface area contributed by atoms with Gasteiger partial charge in [0.15, 0.2) is 0 Å². The van der Waals surface area contributed by atoms with Crippen LogP contribution in [0.4, 0.5) is 5.69 Å². The molecule has 0 aliphatic heterocycles. The van der Waals surface area contributed by atoms with Gasteiger partial charge in [-0.25, -0.2) is 0 Å². The van der Waals surface area contributed by atoms with Gasteiger partial charge in [0.05, 0.1) is 11.5 Å². The zero-order valence-corrected chi connectivity index (χ0v) is 11.8. The highest BCUT2D eigenvalue weighted by Gasteiger charge is 2.15. The number of hydrogen-bond donors (Lipinski definition) is 1. The Morgan fingerprint density at radius 3 is 3.00 bits per heavy atom. The second-order valence-corrected chi connectivity index (χ2v) is 4.46. The third-order valence-corrected chi connectivity index (χ3v) is 2.98. The van der Waals surface area contributed by atoms with E-state index in [4.69, 9.17) is 9.26 Å². The first kappa shape index (κ1) is 15.1. The molecule has 0 aliphatic rings. The summed E-state index contributed by atoms with van der Waals surface area (Å²) >= 11 is 0. The van der Waals surface area contributed by atoms with Gasteiger partial charge in [-0.05, 0) is 7.05 Å². The van der Waals surface area contributed by atoms with Crippen LogP contribution in [0.15, 0.2) is 28.8 Å². The van der Waals surface area contributed by atoms with Crippen molar-refractivity contribution in [3.05, 3.63) is 40.3 Å². The van der Waals surface area contributed by atoms with Crippen LogP contribution in [0.2, 0.25) is 0 Å². The van der Waals surface area contributed by atoms with E-state index in [-0.39, 0.29) is 11.7 Å². The number of methoxy groups -OCH3 is 1. The third-order valence-electron chi connectivity index (χ3n) is 2.98. The summed E-state index contributed by atoms with van der Waals surface area (Å²) in [5.74, 6) is 0.786. The molecule has 8 nitrogen and oxygen atoms in total.